The van der Waals surface area contributed by atoms with Gasteiger partial charge < -0.3 is 0 Å². The van der Waals surface area contributed by atoms with E-state index >= 15 is 0 Å². The molecule has 1 amide bonds. The summed E-state index contributed by atoms with van der Waals surface area (Å²) >= 11 is 2.85. The van der Waals surface area contributed by atoms with Crippen LogP contribution in [0.5, 0.6) is 0 Å². The smallest absolute Gasteiger partial charge is 0.275 e. The minimum absolute atomic E-state index is 0.149. The van der Waals surface area contributed by atoms with Crippen molar-refractivity contribution in [3.8, 4) is 0 Å². The number of nitrogens with zero attached hydrogens (tertiary/aromatic N) is 2. The van der Waals surface area contributed by atoms with Crippen LogP contribution in [0.25, 0.3) is 0 Å². The second kappa shape index (κ2) is 9.16. The summed E-state index contributed by atoms with van der Waals surface area (Å²) in [6.45, 7) is 6.92. The minimum Gasteiger partial charge on any atom is -0.275 e. The Morgan fingerprint density at radius 1 is 1.30 bits per heavy atom. The van der Waals surface area contributed by atoms with Crippen LogP contribution >= 0.6 is 30.0 Å². The zero-order chi connectivity index (χ0) is 17.6. The summed E-state index contributed by atoms with van der Waals surface area (Å²) in [6.07, 6.45) is 0.910. The van der Waals surface area contributed by atoms with Crippen LogP contribution in [0.1, 0.15) is 39.7 Å². The van der Waals surface area contributed by atoms with Crippen LogP contribution in [-0.4, -0.2) is 33.5 Å². The van der Waals surface area contributed by atoms with Gasteiger partial charge in [-0.25, -0.2) is 0 Å². The quantitative estimate of drug-likeness (QED) is 0.447. The van der Waals surface area contributed by atoms with Gasteiger partial charge in [0, 0.05) is 30.7 Å². The lowest BCUT2D eigenvalue weighted by atomic mass is 10.2. The van der Waals surface area contributed by atoms with Gasteiger partial charge in [0.2, 0.25) is 5.91 Å². The Hall–Kier alpha value is -0.420. The Morgan fingerprint density at radius 2 is 1.91 bits per heavy atom. The third kappa shape index (κ3) is 5.28. The van der Waals surface area contributed by atoms with E-state index in [9.17, 15) is 9.36 Å². The Morgan fingerprint density at radius 3 is 2.39 bits per heavy atom. The van der Waals surface area contributed by atoms with Gasteiger partial charge in [0.15, 0.2) is 0 Å². The SMILES string of the molecule is CCC(C)SP(=O)(N(C)Sc1ccccc1C)N(CC)C(C)=O. The van der Waals surface area contributed by atoms with Crippen LogP contribution in [-0.2, 0) is 9.36 Å². The molecule has 0 aromatic heterocycles. The highest BCUT2D eigenvalue weighted by molar-refractivity contribution is 8.58. The molecule has 0 N–H and O–H groups in total. The second-order valence-electron chi connectivity index (χ2n) is 5.37. The van der Waals surface area contributed by atoms with Crippen molar-refractivity contribution in [2.75, 3.05) is 13.6 Å². The van der Waals surface area contributed by atoms with E-state index < -0.39 is 6.65 Å². The molecule has 2 unspecified atom stereocenters. The molecule has 0 fully saturated rings. The van der Waals surface area contributed by atoms with Gasteiger partial charge in [-0.3, -0.25) is 14.0 Å². The van der Waals surface area contributed by atoms with Crippen molar-refractivity contribution in [2.24, 2.45) is 0 Å². The molecule has 0 saturated carbocycles. The third-order valence-electron chi connectivity index (χ3n) is 3.54. The molecule has 1 aromatic rings. The van der Waals surface area contributed by atoms with Crippen LogP contribution in [0.2, 0.25) is 0 Å². The number of benzene rings is 1. The summed E-state index contributed by atoms with van der Waals surface area (Å²) in [7, 11) is 1.82. The van der Waals surface area contributed by atoms with Gasteiger partial charge in [-0.2, -0.15) is 4.08 Å². The van der Waals surface area contributed by atoms with Crippen LogP contribution < -0.4 is 0 Å². The second-order valence-corrected chi connectivity index (χ2v) is 12.0. The van der Waals surface area contributed by atoms with Gasteiger partial charge in [0.05, 0.1) is 0 Å². The first-order valence-electron chi connectivity index (χ1n) is 7.81. The van der Waals surface area contributed by atoms with Crippen molar-refractivity contribution < 1.29 is 9.36 Å². The van der Waals surface area contributed by atoms with Crippen molar-refractivity contribution in [1.82, 2.24) is 8.75 Å². The summed E-state index contributed by atoms with van der Waals surface area (Å²) in [5.74, 6) is -0.149. The molecule has 0 spiro atoms. The number of carbonyl (C=O) groups excluding carboxylic acids is 1. The lowest BCUT2D eigenvalue weighted by molar-refractivity contribution is -0.124. The van der Waals surface area contributed by atoms with Crippen molar-refractivity contribution in [1.29, 1.82) is 0 Å². The number of amides is 1. The summed E-state index contributed by atoms with van der Waals surface area (Å²) in [5.41, 5.74) is 1.13. The van der Waals surface area contributed by atoms with E-state index in [2.05, 4.69) is 13.8 Å². The van der Waals surface area contributed by atoms with Gasteiger partial charge in [-0.05, 0) is 43.8 Å². The average molecular weight is 375 g/mol. The lowest BCUT2D eigenvalue weighted by Gasteiger charge is -2.36. The lowest BCUT2D eigenvalue weighted by Crippen LogP contribution is -2.29. The van der Waals surface area contributed by atoms with Crippen LogP contribution in [0.3, 0.4) is 0 Å². The number of carbonyl (C=O) groups is 1. The van der Waals surface area contributed by atoms with E-state index in [-0.39, 0.29) is 11.2 Å². The molecule has 0 aliphatic rings. The fourth-order valence-electron chi connectivity index (χ4n) is 2.02. The zero-order valence-electron chi connectivity index (χ0n) is 14.8. The Balaban J connectivity index is 3.14. The molecule has 130 valence electrons. The largest absolute Gasteiger partial charge is 0.307 e. The standard InChI is InChI=1S/C16H27N2O2PS2/c1-7-14(4)23-21(20,18(8-2)15(5)19)17(6)22-16-12-10-9-11-13(16)3/h9-12,14H,7-8H2,1-6H3. The van der Waals surface area contributed by atoms with E-state index in [1.54, 1.807) is 4.08 Å². The van der Waals surface area contributed by atoms with Crippen LogP contribution in [0.4, 0.5) is 0 Å². The molecule has 4 nitrogen and oxygen atoms in total. The number of hydrogen-bond donors (Lipinski definition) is 0. The van der Waals surface area contributed by atoms with E-state index in [0.717, 1.165) is 16.9 Å². The fraction of sp³-hybridized carbons (Fsp3) is 0.562. The fourth-order valence-corrected chi connectivity index (χ4v) is 9.41. The van der Waals surface area contributed by atoms with Gasteiger partial charge in [-0.15, -0.1) is 0 Å². The van der Waals surface area contributed by atoms with E-state index in [1.165, 1.54) is 34.9 Å². The molecular weight excluding hydrogens is 347 g/mol. The number of hydrogen-bond acceptors (Lipinski definition) is 4. The molecule has 0 aliphatic carbocycles. The van der Waals surface area contributed by atoms with Gasteiger partial charge >= 0.3 is 6.65 Å². The minimum atomic E-state index is -3.04. The molecule has 0 radical (unpaired) electrons. The van der Waals surface area contributed by atoms with Crippen molar-refractivity contribution >= 4 is 35.9 Å². The first-order valence-corrected chi connectivity index (χ1v) is 11.7. The highest BCUT2D eigenvalue weighted by atomic mass is 32.7. The topological polar surface area (TPSA) is 40.6 Å². The molecule has 2 atom stereocenters. The maximum Gasteiger partial charge on any atom is 0.307 e. The van der Waals surface area contributed by atoms with Gasteiger partial charge in [-0.1, -0.05) is 43.4 Å². The number of aryl methyl sites for hydroxylation is 1. The molecule has 1 aromatic carbocycles. The Kier molecular flexibility index (Phi) is 8.22. The maximum absolute atomic E-state index is 13.7. The van der Waals surface area contributed by atoms with Crippen molar-refractivity contribution in [2.45, 2.75) is 51.2 Å². The summed E-state index contributed by atoms with van der Waals surface area (Å²) in [5, 5.41) is 0.217. The van der Waals surface area contributed by atoms with Gasteiger partial charge in [0.25, 0.3) is 0 Å². The van der Waals surface area contributed by atoms with Crippen LogP contribution in [0, 0.1) is 6.92 Å². The first-order chi connectivity index (χ1) is 10.8. The van der Waals surface area contributed by atoms with Crippen molar-refractivity contribution in [3.63, 3.8) is 0 Å². The van der Waals surface area contributed by atoms with Gasteiger partial charge in [0.1, 0.15) is 0 Å². The van der Waals surface area contributed by atoms with E-state index in [4.69, 9.17) is 0 Å². The molecule has 23 heavy (non-hydrogen) atoms. The summed E-state index contributed by atoms with van der Waals surface area (Å²) in [4.78, 5) is 13.1. The molecule has 0 bridgehead atoms. The molecular formula is C16H27N2O2PS2. The maximum atomic E-state index is 13.7. The Bertz CT molecular complexity index is 583. The predicted molar refractivity (Wildman–Crippen MR) is 103 cm³/mol. The van der Waals surface area contributed by atoms with E-state index in [1.807, 2.05) is 45.2 Å². The highest BCUT2D eigenvalue weighted by Gasteiger charge is 2.39. The first kappa shape index (κ1) is 20.6. The zero-order valence-corrected chi connectivity index (χ0v) is 17.3. The van der Waals surface area contributed by atoms with E-state index in [0.29, 0.717) is 6.54 Å². The van der Waals surface area contributed by atoms with Crippen LogP contribution in [0.15, 0.2) is 29.2 Å². The molecule has 0 aliphatic heterocycles. The highest BCUT2D eigenvalue weighted by Crippen LogP contribution is 2.68. The monoisotopic (exact) mass is 374 g/mol. The molecule has 0 saturated heterocycles. The Labute approximate surface area is 148 Å². The molecule has 0 heterocycles. The molecule has 1 rings (SSSR count). The third-order valence-corrected chi connectivity index (χ3v) is 11.8. The molecule has 7 heteroatoms. The normalized spacial score (nSPS) is 15.3. The summed E-state index contributed by atoms with van der Waals surface area (Å²) in [6, 6.07) is 8.00. The average Bonchev–Trinajstić information content (AvgIpc) is 2.49. The predicted octanol–water partition coefficient (Wildman–Crippen LogP) is 5.44. The summed E-state index contributed by atoms with van der Waals surface area (Å²) < 4.78 is 17.0. The van der Waals surface area contributed by atoms with Crippen molar-refractivity contribution in [3.05, 3.63) is 29.8 Å². The number of rotatable bonds is 8.